The van der Waals surface area contributed by atoms with Crippen LogP contribution in [0.3, 0.4) is 0 Å². The van der Waals surface area contributed by atoms with Crippen LogP contribution in [-0.2, 0) is 23.9 Å². The molecule has 0 aromatic carbocycles. The molecule has 2 unspecified atom stereocenters. The van der Waals surface area contributed by atoms with Crippen molar-refractivity contribution in [2.24, 2.45) is 51.2 Å². The number of carbonyl (C=O) groups is 3. The molecular formula is C30H44O6. The second-order valence-electron chi connectivity index (χ2n) is 15.3. The molecule has 6 aliphatic rings. The third kappa shape index (κ3) is 2.86. The lowest BCUT2D eigenvalue weighted by Gasteiger charge is -2.70. The summed E-state index contributed by atoms with van der Waals surface area (Å²) in [6.07, 6.45) is 7.75. The summed E-state index contributed by atoms with van der Waals surface area (Å²) in [4.78, 5) is 41.2. The van der Waals surface area contributed by atoms with Crippen molar-refractivity contribution < 1.29 is 29.0 Å². The van der Waals surface area contributed by atoms with Crippen molar-refractivity contribution in [1.29, 1.82) is 0 Å². The van der Waals surface area contributed by atoms with Crippen molar-refractivity contribution in [2.45, 2.75) is 117 Å². The van der Waals surface area contributed by atoms with E-state index in [0.29, 0.717) is 25.7 Å². The van der Waals surface area contributed by atoms with Crippen LogP contribution in [0.4, 0.5) is 0 Å². The van der Waals surface area contributed by atoms with Crippen LogP contribution >= 0.6 is 0 Å². The molecular weight excluding hydrogens is 456 g/mol. The SMILES string of the molecule is CC1(C)CCC[C@@]2(C)C1CC(=O)[C@]13CC[C@H]4[C@H](C(=O)O)[C@@]5(C)CCCC(C)(C)C5C[C@@]4(OC(=O)[C@H]21)O3. The second kappa shape index (κ2) is 7.15. The number of carbonyl (C=O) groups excluding carboxylic acids is 2. The molecule has 1 N–H and O–H groups in total. The van der Waals surface area contributed by atoms with E-state index in [-0.39, 0.29) is 45.2 Å². The smallest absolute Gasteiger partial charge is 0.315 e. The molecule has 0 aromatic heterocycles. The van der Waals surface area contributed by atoms with E-state index in [0.717, 1.165) is 38.5 Å². The molecule has 2 aliphatic heterocycles. The van der Waals surface area contributed by atoms with Crippen LogP contribution in [0.25, 0.3) is 0 Å². The molecule has 36 heavy (non-hydrogen) atoms. The Morgan fingerprint density at radius 1 is 0.861 bits per heavy atom. The number of ether oxygens (including phenoxy) is 2. The van der Waals surface area contributed by atoms with Gasteiger partial charge in [-0.25, -0.2) is 0 Å². The summed E-state index contributed by atoms with van der Waals surface area (Å²) in [6, 6.07) is 0. The Kier molecular flexibility index (Phi) is 4.94. The maximum absolute atomic E-state index is 14.2. The standard InChI is InChI=1S/C30H44O6/c1-25(2)10-8-13-28(6)18(25)15-20(31)29-14-9-17-21(23(32)33)27(5)12-7-11-26(3,4)19(27)16-30(17,36-29)35-24(34)22(28)29/h17-19,21-22H,7-16H2,1-6H3,(H,32,33)/t17-,18?,19?,21+,22+,27-,28-,29+,30+/m0/s1. The van der Waals surface area contributed by atoms with E-state index >= 15 is 0 Å². The fourth-order valence-corrected chi connectivity index (χ4v) is 11.2. The predicted octanol–water partition coefficient (Wildman–Crippen LogP) is 5.76. The Balaban J connectivity index is 1.47. The van der Waals surface area contributed by atoms with Gasteiger partial charge in [0.05, 0.1) is 11.8 Å². The molecule has 9 atom stereocenters. The number of carboxylic acids is 1. The van der Waals surface area contributed by atoms with Crippen molar-refractivity contribution in [1.82, 2.24) is 0 Å². The zero-order valence-corrected chi connectivity index (χ0v) is 22.9. The molecule has 200 valence electrons. The monoisotopic (exact) mass is 500 g/mol. The first kappa shape index (κ1) is 24.9. The Hall–Kier alpha value is -1.43. The third-order valence-corrected chi connectivity index (χ3v) is 12.7. The lowest BCUT2D eigenvalue weighted by molar-refractivity contribution is -0.397. The van der Waals surface area contributed by atoms with Crippen LogP contribution in [0.15, 0.2) is 0 Å². The Morgan fingerprint density at radius 2 is 1.47 bits per heavy atom. The second-order valence-corrected chi connectivity index (χ2v) is 15.3. The van der Waals surface area contributed by atoms with Gasteiger partial charge in [-0.1, -0.05) is 54.4 Å². The van der Waals surface area contributed by atoms with E-state index in [1.807, 2.05) is 0 Å². The fourth-order valence-electron chi connectivity index (χ4n) is 11.2. The molecule has 4 aliphatic carbocycles. The van der Waals surface area contributed by atoms with Crippen molar-refractivity contribution in [3.8, 4) is 0 Å². The Labute approximate surface area is 215 Å². The number of fused-ring (bicyclic) bond motifs is 3. The van der Waals surface area contributed by atoms with Crippen molar-refractivity contribution in [2.75, 3.05) is 0 Å². The molecule has 2 saturated heterocycles. The molecule has 0 aromatic rings. The molecule has 2 bridgehead atoms. The number of hydrogen-bond donors (Lipinski definition) is 1. The molecule has 6 nitrogen and oxygen atoms in total. The fraction of sp³-hybridized carbons (Fsp3) is 0.900. The molecule has 2 spiro atoms. The topological polar surface area (TPSA) is 89.9 Å². The zero-order chi connectivity index (χ0) is 26.1. The van der Waals surface area contributed by atoms with E-state index in [1.165, 1.54) is 0 Å². The highest BCUT2D eigenvalue weighted by atomic mass is 16.7. The van der Waals surface area contributed by atoms with Crippen LogP contribution < -0.4 is 0 Å². The summed E-state index contributed by atoms with van der Waals surface area (Å²) >= 11 is 0. The molecule has 2 heterocycles. The van der Waals surface area contributed by atoms with Crippen molar-refractivity contribution >= 4 is 17.7 Å². The number of Topliss-reactive ketones (excluding diaryl/α,β-unsaturated/α-hetero) is 1. The predicted molar refractivity (Wildman–Crippen MR) is 133 cm³/mol. The Bertz CT molecular complexity index is 1030. The highest BCUT2D eigenvalue weighted by Crippen LogP contribution is 2.71. The molecule has 6 fully saturated rings. The minimum Gasteiger partial charge on any atom is -0.481 e. The first-order chi connectivity index (χ1) is 16.6. The van der Waals surface area contributed by atoms with Gasteiger partial charge in [0.15, 0.2) is 5.78 Å². The first-order valence-electron chi connectivity index (χ1n) is 14.3. The molecule has 0 amide bonds. The van der Waals surface area contributed by atoms with E-state index in [2.05, 4.69) is 41.5 Å². The van der Waals surface area contributed by atoms with E-state index in [1.54, 1.807) is 0 Å². The molecule has 6 rings (SSSR count). The summed E-state index contributed by atoms with van der Waals surface area (Å²) in [5.41, 5.74) is -2.05. The molecule has 0 radical (unpaired) electrons. The van der Waals surface area contributed by atoms with Gasteiger partial charge in [-0.3, -0.25) is 14.4 Å². The summed E-state index contributed by atoms with van der Waals surface area (Å²) in [5.74, 6) is -3.97. The normalized spacial score (nSPS) is 52.7. The van der Waals surface area contributed by atoms with Gasteiger partial charge < -0.3 is 14.6 Å². The number of esters is 1. The zero-order valence-electron chi connectivity index (χ0n) is 22.9. The first-order valence-corrected chi connectivity index (χ1v) is 14.3. The summed E-state index contributed by atoms with van der Waals surface area (Å²) in [6.45, 7) is 13.2. The van der Waals surface area contributed by atoms with E-state index in [9.17, 15) is 19.5 Å². The third-order valence-electron chi connectivity index (χ3n) is 12.7. The maximum atomic E-state index is 14.2. The average molecular weight is 501 g/mol. The number of ketones is 1. The van der Waals surface area contributed by atoms with Crippen molar-refractivity contribution in [3.63, 3.8) is 0 Å². The summed E-state index contributed by atoms with van der Waals surface area (Å²) in [5, 5.41) is 10.6. The number of carboxylic acid groups (broad SMARTS) is 1. The lowest BCUT2D eigenvalue weighted by atomic mass is 9.41. The largest absolute Gasteiger partial charge is 0.481 e. The number of hydrogen-bond acceptors (Lipinski definition) is 5. The van der Waals surface area contributed by atoms with Crippen LogP contribution in [-0.4, -0.2) is 34.2 Å². The van der Waals surface area contributed by atoms with Gasteiger partial charge in [0.2, 0.25) is 5.79 Å². The number of aliphatic carboxylic acids is 1. The summed E-state index contributed by atoms with van der Waals surface area (Å²) < 4.78 is 13.4. The van der Waals surface area contributed by atoms with Crippen LogP contribution in [0.1, 0.15) is 106 Å². The van der Waals surface area contributed by atoms with Gasteiger partial charge in [0.25, 0.3) is 0 Å². The van der Waals surface area contributed by atoms with Gasteiger partial charge in [-0.05, 0) is 72.0 Å². The van der Waals surface area contributed by atoms with Crippen LogP contribution in [0.2, 0.25) is 0 Å². The number of rotatable bonds is 1. The van der Waals surface area contributed by atoms with Gasteiger partial charge in [-0.2, -0.15) is 0 Å². The lowest BCUT2D eigenvalue weighted by Crippen LogP contribution is -2.77. The minimum atomic E-state index is -1.32. The maximum Gasteiger partial charge on any atom is 0.315 e. The van der Waals surface area contributed by atoms with Gasteiger partial charge in [0.1, 0.15) is 5.60 Å². The van der Waals surface area contributed by atoms with Gasteiger partial charge >= 0.3 is 11.9 Å². The van der Waals surface area contributed by atoms with Crippen LogP contribution in [0.5, 0.6) is 0 Å². The molecule has 6 heteroatoms. The van der Waals surface area contributed by atoms with E-state index in [4.69, 9.17) is 9.47 Å². The quantitative estimate of drug-likeness (QED) is 0.460. The van der Waals surface area contributed by atoms with E-state index < -0.39 is 35.1 Å². The van der Waals surface area contributed by atoms with Gasteiger partial charge in [-0.15, -0.1) is 0 Å². The minimum absolute atomic E-state index is 0.0237. The van der Waals surface area contributed by atoms with Crippen LogP contribution in [0, 0.1) is 51.2 Å². The summed E-state index contributed by atoms with van der Waals surface area (Å²) in [7, 11) is 0. The average Bonchev–Trinajstić information content (AvgIpc) is 2.74. The van der Waals surface area contributed by atoms with Gasteiger partial charge in [0, 0.05) is 18.8 Å². The highest BCUT2D eigenvalue weighted by Gasteiger charge is 2.77. The van der Waals surface area contributed by atoms with Crippen molar-refractivity contribution in [3.05, 3.63) is 0 Å². The highest BCUT2D eigenvalue weighted by molar-refractivity contribution is 5.96. The molecule has 4 saturated carbocycles. The Morgan fingerprint density at radius 3 is 2.11 bits per heavy atom.